The van der Waals surface area contributed by atoms with E-state index in [4.69, 9.17) is 19.3 Å². The molecule has 7 heteroatoms. The van der Waals surface area contributed by atoms with Crippen LogP contribution in [0.3, 0.4) is 0 Å². The van der Waals surface area contributed by atoms with Gasteiger partial charge >= 0.3 is 12.1 Å². The molecule has 20 heavy (non-hydrogen) atoms. The maximum Gasteiger partial charge on any atom is 0.410 e. The molecule has 0 radical (unpaired) electrons. The Bertz CT molecular complexity index is 351. The second kappa shape index (κ2) is 6.90. The summed E-state index contributed by atoms with van der Waals surface area (Å²) in [6.07, 6.45) is -1.27. The summed E-state index contributed by atoms with van der Waals surface area (Å²) in [5.74, 6) is -1.09. The minimum atomic E-state index is -1.09. The van der Waals surface area contributed by atoms with Crippen molar-refractivity contribution in [3.05, 3.63) is 0 Å². The van der Waals surface area contributed by atoms with Gasteiger partial charge in [0.15, 0.2) is 6.10 Å². The summed E-state index contributed by atoms with van der Waals surface area (Å²) in [5, 5.41) is 9.08. The van der Waals surface area contributed by atoms with Crippen LogP contribution in [0.1, 0.15) is 27.2 Å². The van der Waals surface area contributed by atoms with Crippen molar-refractivity contribution in [2.24, 2.45) is 0 Å². The Labute approximate surface area is 118 Å². The van der Waals surface area contributed by atoms with Crippen LogP contribution in [0, 0.1) is 0 Å². The van der Waals surface area contributed by atoms with E-state index in [1.165, 1.54) is 4.90 Å². The highest BCUT2D eigenvalue weighted by Gasteiger charge is 2.31. The first-order valence-electron chi connectivity index (χ1n) is 6.58. The number of ether oxygens (including phenoxy) is 3. The molecular weight excluding hydrogens is 266 g/mol. The Balaban J connectivity index is 2.79. The van der Waals surface area contributed by atoms with Crippen molar-refractivity contribution >= 4 is 12.1 Å². The van der Waals surface area contributed by atoms with Gasteiger partial charge in [-0.2, -0.15) is 0 Å². The SMILES string of the molecule is COC1CCOC(C(=O)O)CN(C(=O)OC(C)(C)C)C1. The van der Waals surface area contributed by atoms with Gasteiger partial charge in [0.1, 0.15) is 5.60 Å². The molecule has 2 atom stereocenters. The van der Waals surface area contributed by atoms with Gasteiger partial charge in [-0.05, 0) is 27.2 Å². The number of hydrogen-bond acceptors (Lipinski definition) is 5. The van der Waals surface area contributed by atoms with Crippen LogP contribution in [-0.4, -0.2) is 66.7 Å². The fourth-order valence-corrected chi connectivity index (χ4v) is 1.82. The smallest absolute Gasteiger partial charge is 0.410 e. The molecule has 0 aromatic rings. The number of amides is 1. The number of carboxylic acid groups (broad SMARTS) is 1. The van der Waals surface area contributed by atoms with Crippen LogP contribution in [0.15, 0.2) is 0 Å². The first-order valence-corrected chi connectivity index (χ1v) is 6.58. The first-order chi connectivity index (χ1) is 9.23. The fraction of sp³-hybridized carbons (Fsp3) is 0.846. The van der Waals surface area contributed by atoms with Gasteiger partial charge in [0, 0.05) is 7.11 Å². The van der Waals surface area contributed by atoms with E-state index in [1.54, 1.807) is 27.9 Å². The fourth-order valence-electron chi connectivity index (χ4n) is 1.82. The molecule has 0 aromatic heterocycles. The third kappa shape index (κ3) is 5.34. The van der Waals surface area contributed by atoms with E-state index >= 15 is 0 Å². The van der Waals surface area contributed by atoms with Crippen LogP contribution in [0.4, 0.5) is 4.79 Å². The van der Waals surface area contributed by atoms with Crippen LogP contribution in [0.5, 0.6) is 0 Å². The average Bonchev–Trinajstić information content (AvgIpc) is 2.25. The van der Waals surface area contributed by atoms with Crippen molar-refractivity contribution < 1.29 is 28.9 Å². The molecule has 0 bridgehead atoms. The molecule has 0 aliphatic carbocycles. The van der Waals surface area contributed by atoms with Crippen molar-refractivity contribution in [2.45, 2.75) is 45.0 Å². The van der Waals surface area contributed by atoms with Crippen LogP contribution < -0.4 is 0 Å². The zero-order valence-corrected chi connectivity index (χ0v) is 12.4. The van der Waals surface area contributed by atoms with Crippen molar-refractivity contribution in [1.29, 1.82) is 0 Å². The number of carboxylic acids is 1. The number of rotatable bonds is 2. The lowest BCUT2D eigenvalue weighted by molar-refractivity contribution is -0.153. The Morgan fingerprint density at radius 3 is 2.45 bits per heavy atom. The van der Waals surface area contributed by atoms with E-state index in [-0.39, 0.29) is 19.3 Å². The van der Waals surface area contributed by atoms with Crippen LogP contribution in [0.2, 0.25) is 0 Å². The number of carbonyl (C=O) groups is 2. The molecule has 1 N–H and O–H groups in total. The Morgan fingerprint density at radius 2 is 1.95 bits per heavy atom. The molecule has 1 heterocycles. The third-order valence-electron chi connectivity index (χ3n) is 2.83. The summed E-state index contributed by atoms with van der Waals surface area (Å²) in [7, 11) is 1.55. The molecule has 0 saturated carbocycles. The zero-order chi connectivity index (χ0) is 15.3. The van der Waals surface area contributed by atoms with Crippen molar-refractivity contribution in [2.75, 3.05) is 26.8 Å². The van der Waals surface area contributed by atoms with Gasteiger partial charge in [-0.3, -0.25) is 0 Å². The molecule has 1 amide bonds. The number of methoxy groups -OCH3 is 1. The summed E-state index contributed by atoms with van der Waals surface area (Å²) in [6, 6.07) is 0. The lowest BCUT2D eigenvalue weighted by Crippen LogP contribution is -2.49. The predicted octanol–water partition coefficient (Wildman–Crippen LogP) is 1.11. The largest absolute Gasteiger partial charge is 0.479 e. The maximum atomic E-state index is 12.1. The molecule has 1 saturated heterocycles. The first kappa shape index (κ1) is 16.7. The second-order valence-corrected chi connectivity index (χ2v) is 5.73. The van der Waals surface area contributed by atoms with E-state index in [2.05, 4.69) is 0 Å². The number of hydrogen-bond donors (Lipinski definition) is 1. The highest BCUT2D eigenvalue weighted by Crippen LogP contribution is 2.15. The van der Waals surface area contributed by atoms with Crippen LogP contribution >= 0.6 is 0 Å². The predicted molar refractivity (Wildman–Crippen MR) is 70.6 cm³/mol. The lowest BCUT2D eigenvalue weighted by atomic mass is 10.2. The van der Waals surface area contributed by atoms with Crippen LogP contribution in [-0.2, 0) is 19.0 Å². The Hall–Kier alpha value is -1.34. The molecule has 1 rings (SSSR count). The zero-order valence-electron chi connectivity index (χ0n) is 12.4. The molecule has 2 unspecified atom stereocenters. The highest BCUT2D eigenvalue weighted by atomic mass is 16.6. The standard InChI is InChI=1S/C13H23NO6/c1-13(2,3)20-12(17)14-7-9(18-4)5-6-19-10(8-14)11(15)16/h9-10H,5-8H2,1-4H3,(H,15,16). The van der Waals surface area contributed by atoms with E-state index in [0.29, 0.717) is 13.0 Å². The van der Waals surface area contributed by atoms with Gasteiger partial charge in [-0.25, -0.2) is 9.59 Å². The Kier molecular flexibility index (Phi) is 5.76. The molecular formula is C13H23NO6. The van der Waals surface area contributed by atoms with Gasteiger partial charge in [0.25, 0.3) is 0 Å². The summed E-state index contributed by atoms with van der Waals surface area (Å²) in [4.78, 5) is 24.5. The monoisotopic (exact) mass is 289 g/mol. The van der Waals surface area contributed by atoms with Crippen molar-refractivity contribution in [3.63, 3.8) is 0 Å². The topological polar surface area (TPSA) is 85.3 Å². The third-order valence-corrected chi connectivity index (χ3v) is 2.83. The minimum absolute atomic E-state index is 0.0515. The number of aliphatic carboxylic acids is 1. The van der Waals surface area contributed by atoms with E-state index in [9.17, 15) is 9.59 Å². The summed E-state index contributed by atoms with van der Waals surface area (Å²) < 4.78 is 15.8. The average molecular weight is 289 g/mol. The molecule has 1 aliphatic heterocycles. The molecule has 0 aromatic carbocycles. The van der Waals surface area contributed by atoms with Crippen LogP contribution in [0.25, 0.3) is 0 Å². The quantitative estimate of drug-likeness (QED) is 0.819. The molecule has 7 nitrogen and oxygen atoms in total. The molecule has 0 spiro atoms. The normalized spacial score (nSPS) is 24.7. The lowest BCUT2D eigenvalue weighted by Gasteiger charge is -2.33. The number of carbonyl (C=O) groups excluding carboxylic acids is 1. The van der Waals surface area contributed by atoms with Gasteiger partial charge in [-0.15, -0.1) is 0 Å². The summed E-state index contributed by atoms with van der Waals surface area (Å²) in [6.45, 7) is 5.80. The maximum absolute atomic E-state index is 12.1. The van der Waals surface area contributed by atoms with E-state index < -0.39 is 23.8 Å². The van der Waals surface area contributed by atoms with Gasteiger partial charge in [-0.1, -0.05) is 0 Å². The van der Waals surface area contributed by atoms with E-state index in [0.717, 1.165) is 0 Å². The molecule has 1 fully saturated rings. The minimum Gasteiger partial charge on any atom is -0.479 e. The van der Waals surface area contributed by atoms with Crippen molar-refractivity contribution in [1.82, 2.24) is 4.90 Å². The number of nitrogens with zero attached hydrogens (tertiary/aromatic N) is 1. The molecule has 1 aliphatic rings. The van der Waals surface area contributed by atoms with E-state index in [1.807, 2.05) is 0 Å². The van der Waals surface area contributed by atoms with Gasteiger partial charge in [0.05, 0.1) is 25.8 Å². The summed E-state index contributed by atoms with van der Waals surface area (Å²) >= 11 is 0. The highest BCUT2D eigenvalue weighted by molar-refractivity contribution is 5.74. The second-order valence-electron chi connectivity index (χ2n) is 5.73. The van der Waals surface area contributed by atoms with Gasteiger partial charge in [0.2, 0.25) is 0 Å². The van der Waals surface area contributed by atoms with Crippen molar-refractivity contribution in [3.8, 4) is 0 Å². The molecule has 116 valence electrons. The Morgan fingerprint density at radius 1 is 1.30 bits per heavy atom. The van der Waals surface area contributed by atoms with Gasteiger partial charge < -0.3 is 24.2 Å². The summed E-state index contributed by atoms with van der Waals surface area (Å²) in [5.41, 5.74) is -0.637.